The molecule has 2 aromatic rings. The maximum Gasteiger partial charge on any atom is 0.163 e. The van der Waals surface area contributed by atoms with Crippen molar-refractivity contribution in [2.75, 3.05) is 7.05 Å². The van der Waals surface area contributed by atoms with Gasteiger partial charge in [0.15, 0.2) is 11.6 Å². The van der Waals surface area contributed by atoms with Gasteiger partial charge in [0.1, 0.15) is 0 Å². The maximum absolute atomic E-state index is 13.9. The van der Waals surface area contributed by atoms with Crippen LogP contribution in [0, 0.1) is 18.6 Å². The molecule has 0 bridgehead atoms. The molecule has 0 saturated carbocycles. The van der Waals surface area contributed by atoms with E-state index < -0.39 is 11.6 Å². The molecular weight excluding hydrogens is 312 g/mol. The van der Waals surface area contributed by atoms with E-state index in [0.717, 1.165) is 21.7 Å². The van der Waals surface area contributed by atoms with Crippen molar-refractivity contribution in [3.05, 3.63) is 69.2 Å². The molecule has 1 N–H and O–H groups in total. The average molecular weight is 326 g/mol. The summed E-state index contributed by atoms with van der Waals surface area (Å²) in [6.07, 6.45) is 0. The van der Waals surface area contributed by atoms with Crippen LogP contribution in [-0.2, 0) is 0 Å². The Morgan fingerprint density at radius 1 is 1.16 bits per heavy atom. The molecule has 0 radical (unpaired) electrons. The molecule has 1 unspecified atom stereocenters. The Morgan fingerprint density at radius 2 is 1.89 bits per heavy atom. The van der Waals surface area contributed by atoms with Gasteiger partial charge in [-0.05, 0) is 37.2 Å². The highest BCUT2D eigenvalue weighted by Crippen LogP contribution is 2.28. The highest BCUT2D eigenvalue weighted by atomic mass is 79.9. The van der Waals surface area contributed by atoms with Crippen LogP contribution in [0.4, 0.5) is 8.78 Å². The minimum Gasteiger partial charge on any atom is -0.309 e. The summed E-state index contributed by atoms with van der Waals surface area (Å²) in [5, 5.41) is 3.02. The monoisotopic (exact) mass is 325 g/mol. The molecule has 0 aliphatic rings. The summed E-state index contributed by atoms with van der Waals surface area (Å²) in [6.45, 7) is 1.98. The van der Waals surface area contributed by atoms with E-state index >= 15 is 0 Å². The fourth-order valence-corrected chi connectivity index (χ4v) is 2.43. The van der Waals surface area contributed by atoms with E-state index in [2.05, 4.69) is 21.2 Å². The highest BCUT2D eigenvalue weighted by molar-refractivity contribution is 9.10. The van der Waals surface area contributed by atoms with Gasteiger partial charge < -0.3 is 5.32 Å². The lowest BCUT2D eigenvalue weighted by Crippen LogP contribution is -2.19. The zero-order valence-electron chi connectivity index (χ0n) is 10.7. The Hall–Kier alpha value is -1.26. The molecule has 2 rings (SSSR count). The summed E-state index contributed by atoms with van der Waals surface area (Å²) < 4.78 is 28.1. The first-order valence-electron chi connectivity index (χ1n) is 5.92. The topological polar surface area (TPSA) is 12.0 Å². The van der Waals surface area contributed by atoms with Gasteiger partial charge in [-0.15, -0.1) is 0 Å². The number of nitrogens with one attached hydrogen (secondary N) is 1. The lowest BCUT2D eigenvalue weighted by Gasteiger charge is -2.19. The van der Waals surface area contributed by atoms with E-state index in [-0.39, 0.29) is 6.04 Å². The largest absolute Gasteiger partial charge is 0.309 e. The van der Waals surface area contributed by atoms with Crippen molar-refractivity contribution in [2.24, 2.45) is 0 Å². The van der Waals surface area contributed by atoms with E-state index in [1.165, 1.54) is 6.07 Å². The molecule has 0 aliphatic heterocycles. The molecule has 0 aliphatic carbocycles. The van der Waals surface area contributed by atoms with Crippen molar-refractivity contribution in [2.45, 2.75) is 13.0 Å². The van der Waals surface area contributed by atoms with Crippen LogP contribution in [0.2, 0.25) is 0 Å². The van der Waals surface area contributed by atoms with Crippen molar-refractivity contribution in [1.29, 1.82) is 0 Å². The second-order valence-electron chi connectivity index (χ2n) is 4.37. The second kappa shape index (κ2) is 5.80. The molecule has 0 spiro atoms. The molecule has 0 saturated heterocycles. The smallest absolute Gasteiger partial charge is 0.163 e. The Morgan fingerprint density at radius 3 is 2.53 bits per heavy atom. The molecule has 0 fully saturated rings. The molecule has 4 heteroatoms. The van der Waals surface area contributed by atoms with Crippen molar-refractivity contribution in [3.63, 3.8) is 0 Å². The molecule has 0 aromatic heterocycles. The normalized spacial score (nSPS) is 12.5. The van der Waals surface area contributed by atoms with Crippen molar-refractivity contribution < 1.29 is 8.78 Å². The Bertz CT molecular complexity index is 599. The van der Waals surface area contributed by atoms with Gasteiger partial charge in [0.25, 0.3) is 0 Å². The predicted molar refractivity (Wildman–Crippen MR) is 76.1 cm³/mol. The fraction of sp³-hybridized carbons (Fsp3) is 0.200. The summed E-state index contributed by atoms with van der Waals surface area (Å²) in [6, 6.07) is 9.62. The van der Waals surface area contributed by atoms with Crippen molar-refractivity contribution in [3.8, 4) is 0 Å². The van der Waals surface area contributed by atoms with Gasteiger partial charge in [-0.1, -0.05) is 40.2 Å². The summed E-state index contributed by atoms with van der Waals surface area (Å²) >= 11 is 3.45. The van der Waals surface area contributed by atoms with Crippen LogP contribution in [0.5, 0.6) is 0 Å². The van der Waals surface area contributed by atoms with Crippen LogP contribution in [0.25, 0.3) is 0 Å². The van der Waals surface area contributed by atoms with Crippen LogP contribution in [-0.4, -0.2) is 7.05 Å². The second-order valence-corrected chi connectivity index (χ2v) is 5.23. The molecule has 100 valence electrons. The van der Waals surface area contributed by atoms with Crippen molar-refractivity contribution >= 4 is 15.9 Å². The zero-order valence-corrected chi connectivity index (χ0v) is 12.3. The molecule has 0 heterocycles. The van der Waals surface area contributed by atoms with Crippen LogP contribution in [0.3, 0.4) is 0 Å². The number of halogens is 3. The molecule has 1 nitrogen and oxygen atoms in total. The highest BCUT2D eigenvalue weighted by Gasteiger charge is 2.18. The van der Waals surface area contributed by atoms with Gasteiger partial charge in [-0.25, -0.2) is 8.78 Å². The quantitative estimate of drug-likeness (QED) is 0.884. The van der Waals surface area contributed by atoms with Gasteiger partial charge in [0.05, 0.1) is 6.04 Å². The minimum absolute atomic E-state index is 0.304. The Kier molecular flexibility index (Phi) is 4.32. The van der Waals surface area contributed by atoms with Gasteiger partial charge in [-0.2, -0.15) is 0 Å². The van der Waals surface area contributed by atoms with E-state index in [0.29, 0.717) is 5.56 Å². The third-order valence-electron chi connectivity index (χ3n) is 3.11. The summed E-state index contributed by atoms with van der Waals surface area (Å²) in [5.41, 5.74) is 2.28. The molecule has 1 atom stereocenters. The van der Waals surface area contributed by atoms with Gasteiger partial charge in [-0.3, -0.25) is 0 Å². The van der Waals surface area contributed by atoms with E-state index in [1.807, 2.05) is 25.1 Å². The summed E-state index contributed by atoms with van der Waals surface area (Å²) in [4.78, 5) is 0. The minimum atomic E-state index is -0.830. The summed E-state index contributed by atoms with van der Waals surface area (Å²) in [7, 11) is 1.72. The number of hydrogen-bond acceptors (Lipinski definition) is 1. The van der Waals surface area contributed by atoms with Gasteiger partial charge in [0, 0.05) is 10.0 Å². The summed E-state index contributed by atoms with van der Waals surface area (Å²) in [5.74, 6) is -1.64. The third kappa shape index (κ3) is 2.85. The van der Waals surface area contributed by atoms with Gasteiger partial charge in [0.2, 0.25) is 0 Å². The Balaban J connectivity index is 2.50. The zero-order chi connectivity index (χ0) is 14.0. The molecular formula is C15H14BrF2N. The number of benzene rings is 2. The fourth-order valence-electron chi connectivity index (χ4n) is 2.03. The van der Waals surface area contributed by atoms with E-state index in [1.54, 1.807) is 13.1 Å². The first-order valence-corrected chi connectivity index (χ1v) is 6.71. The molecule has 19 heavy (non-hydrogen) atoms. The number of rotatable bonds is 3. The lowest BCUT2D eigenvalue weighted by atomic mass is 9.97. The van der Waals surface area contributed by atoms with Crippen molar-refractivity contribution in [1.82, 2.24) is 5.32 Å². The van der Waals surface area contributed by atoms with Crippen LogP contribution in [0.15, 0.2) is 40.9 Å². The van der Waals surface area contributed by atoms with Crippen LogP contribution in [0.1, 0.15) is 22.7 Å². The first kappa shape index (κ1) is 14.2. The Labute approximate surface area is 119 Å². The maximum atomic E-state index is 13.9. The van der Waals surface area contributed by atoms with E-state index in [4.69, 9.17) is 0 Å². The third-order valence-corrected chi connectivity index (χ3v) is 3.96. The lowest BCUT2D eigenvalue weighted by molar-refractivity contribution is 0.487. The molecule has 0 amide bonds. The standard InChI is InChI=1S/C15H14BrF2N/c1-9-6-7-10(8-12(9)16)15(19-2)11-4-3-5-13(17)14(11)18/h3-8,15,19H,1-2H3. The SMILES string of the molecule is CNC(c1ccc(C)c(Br)c1)c1cccc(F)c1F. The first-order chi connectivity index (χ1) is 9.04. The van der Waals surface area contributed by atoms with Crippen LogP contribution < -0.4 is 5.32 Å². The van der Waals surface area contributed by atoms with Crippen LogP contribution >= 0.6 is 15.9 Å². The number of hydrogen-bond donors (Lipinski definition) is 1. The van der Waals surface area contributed by atoms with Gasteiger partial charge >= 0.3 is 0 Å². The number of aryl methyl sites for hydroxylation is 1. The van der Waals surface area contributed by atoms with E-state index in [9.17, 15) is 8.78 Å². The average Bonchev–Trinajstić information content (AvgIpc) is 2.39. The molecule has 2 aromatic carbocycles. The predicted octanol–water partition coefficient (Wildman–Crippen LogP) is 4.34.